The Labute approximate surface area is 185 Å². The number of thioether (sulfide) groups is 2. The van der Waals surface area contributed by atoms with Crippen LogP contribution in [0.15, 0.2) is 30.3 Å². The van der Waals surface area contributed by atoms with Gasteiger partial charge in [-0.2, -0.15) is 23.5 Å². The Morgan fingerprint density at radius 2 is 1.47 bits per heavy atom. The molecular formula is C20H29N3O5S2. The van der Waals surface area contributed by atoms with Crippen LogP contribution in [0.3, 0.4) is 0 Å². The second-order valence-corrected chi connectivity index (χ2v) is 8.52. The van der Waals surface area contributed by atoms with Crippen LogP contribution in [-0.2, 0) is 25.6 Å². The highest BCUT2D eigenvalue weighted by molar-refractivity contribution is 7.98. The summed E-state index contributed by atoms with van der Waals surface area (Å²) in [5, 5.41) is 17.2. The number of aliphatic carboxylic acids is 1. The third kappa shape index (κ3) is 9.53. The molecule has 0 aliphatic carbocycles. The first-order valence-electron chi connectivity index (χ1n) is 9.48. The summed E-state index contributed by atoms with van der Waals surface area (Å²) in [6.07, 6.45) is 5.13. The second kappa shape index (κ2) is 14.7. The molecule has 0 spiro atoms. The predicted octanol–water partition coefficient (Wildman–Crippen LogP) is 0.904. The maximum absolute atomic E-state index is 12.8. The number of amides is 3. The predicted molar refractivity (Wildman–Crippen MR) is 121 cm³/mol. The van der Waals surface area contributed by atoms with Gasteiger partial charge in [-0.05, 0) is 42.4 Å². The van der Waals surface area contributed by atoms with Gasteiger partial charge in [-0.1, -0.05) is 30.3 Å². The van der Waals surface area contributed by atoms with Gasteiger partial charge in [0.25, 0.3) is 0 Å². The van der Waals surface area contributed by atoms with E-state index >= 15 is 0 Å². The highest BCUT2D eigenvalue weighted by Crippen LogP contribution is 2.07. The number of carboxylic acid groups (broad SMARTS) is 1. The van der Waals surface area contributed by atoms with Crippen LogP contribution in [0, 0.1) is 0 Å². The van der Waals surface area contributed by atoms with E-state index in [1.54, 1.807) is 36.0 Å². The Balaban J connectivity index is 2.85. The fraction of sp³-hybridized carbons (Fsp3) is 0.500. The zero-order chi connectivity index (χ0) is 22.4. The minimum Gasteiger partial charge on any atom is -0.480 e. The Hall–Kier alpha value is -2.20. The van der Waals surface area contributed by atoms with Gasteiger partial charge >= 0.3 is 5.97 Å². The fourth-order valence-corrected chi connectivity index (χ4v) is 3.65. The van der Waals surface area contributed by atoms with Crippen molar-refractivity contribution in [3.05, 3.63) is 35.9 Å². The number of carboxylic acids is 1. The highest BCUT2D eigenvalue weighted by Gasteiger charge is 2.28. The molecule has 0 radical (unpaired) electrons. The lowest BCUT2D eigenvalue weighted by Gasteiger charge is -2.23. The third-order valence-corrected chi connectivity index (χ3v) is 5.63. The quantitative estimate of drug-likeness (QED) is 0.290. The first kappa shape index (κ1) is 25.8. The molecule has 1 rings (SSSR count). The Bertz CT molecular complexity index is 690. The lowest BCUT2D eigenvalue weighted by Crippen LogP contribution is -2.55. The summed E-state index contributed by atoms with van der Waals surface area (Å²) < 4.78 is 0. The normalized spacial score (nSPS) is 13.5. The summed E-state index contributed by atoms with van der Waals surface area (Å²) in [4.78, 5) is 47.8. The number of carbonyl (C=O) groups is 4. The van der Waals surface area contributed by atoms with Crippen LogP contribution in [0.1, 0.15) is 18.4 Å². The van der Waals surface area contributed by atoms with Gasteiger partial charge in [-0.3, -0.25) is 14.4 Å². The second-order valence-electron chi connectivity index (χ2n) is 6.55. The van der Waals surface area contributed by atoms with Crippen LogP contribution in [-0.4, -0.2) is 71.4 Å². The van der Waals surface area contributed by atoms with Gasteiger partial charge < -0.3 is 21.1 Å². The molecule has 0 fully saturated rings. The minimum atomic E-state index is -1.15. The van der Waals surface area contributed by atoms with Gasteiger partial charge in [0, 0.05) is 6.42 Å². The van der Waals surface area contributed by atoms with Crippen molar-refractivity contribution < 1.29 is 24.3 Å². The van der Waals surface area contributed by atoms with E-state index in [1.807, 2.05) is 18.6 Å². The van der Waals surface area contributed by atoms with E-state index in [0.717, 1.165) is 5.56 Å². The lowest BCUT2D eigenvalue weighted by molar-refractivity contribution is -0.142. The summed E-state index contributed by atoms with van der Waals surface area (Å²) in [5.41, 5.74) is 0.780. The van der Waals surface area contributed by atoms with Gasteiger partial charge in [0.05, 0.1) is 0 Å². The molecule has 3 amide bonds. The van der Waals surface area contributed by atoms with Crippen LogP contribution in [0.25, 0.3) is 0 Å². The molecule has 0 unspecified atom stereocenters. The van der Waals surface area contributed by atoms with E-state index in [2.05, 4.69) is 16.0 Å². The van der Waals surface area contributed by atoms with E-state index in [-0.39, 0.29) is 6.42 Å². The van der Waals surface area contributed by atoms with Crippen molar-refractivity contribution in [2.24, 2.45) is 0 Å². The first-order chi connectivity index (χ1) is 14.4. The van der Waals surface area contributed by atoms with Crippen LogP contribution in [0.4, 0.5) is 0 Å². The van der Waals surface area contributed by atoms with Crippen LogP contribution in [0.2, 0.25) is 0 Å². The van der Waals surface area contributed by atoms with E-state index in [1.165, 1.54) is 11.8 Å². The smallest absolute Gasteiger partial charge is 0.326 e. The zero-order valence-electron chi connectivity index (χ0n) is 17.1. The van der Waals surface area contributed by atoms with Crippen molar-refractivity contribution in [2.45, 2.75) is 37.4 Å². The van der Waals surface area contributed by atoms with Crippen molar-refractivity contribution in [2.75, 3.05) is 24.0 Å². The van der Waals surface area contributed by atoms with Crippen molar-refractivity contribution in [1.29, 1.82) is 0 Å². The van der Waals surface area contributed by atoms with E-state index in [9.17, 15) is 24.3 Å². The molecule has 166 valence electrons. The molecule has 1 aromatic rings. The molecule has 4 N–H and O–H groups in total. The molecule has 10 heteroatoms. The van der Waals surface area contributed by atoms with E-state index in [4.69, 9.17) is 0 Å². The van der Waals surface area contributed by atoms with Gasteiger partial charge in [-0.15, -0.1) is 0 Å². The van der Waals surface area contributed by atoms with Crippen molar-refractivity contribution in [1.82, 2.24) is 16.0 Å². The van der Waals surface area contributed by atoms with Crippen molar-refractivity contribution in [3.63, 3.8) is 0 Å². The Morgan fingerprint density at radius 1 is 0.933 bits per heavy atom. The monoisotopic (exact) mass is 455 g/mol. The summed E-state index contributed by atoms with van der Waals surface area (Å²) in [7, 11) is 0. The van der Waals surface area contributed by atoms with Crippen LogP contribution < -0.4 is 16.0 Å². The molecule has 0 saturated carbocycles. The zero-order valence-corrected chi connectivity index (χ0v) is 18.8. The lowest BCUT2D eigenvalue weighted by atomic mass is 10.1. The summed E-state index contributed by atoms with van der Waals surface area (Å²) in [5.74, 6) is -0.908. The van der Waals surface area contributed by atoms with E-state index in [0.29, 0.717) is 30.8 Å². The van der Waals surface area contributed by atoms with Gasteiger partial charge in [0.15, 0.2) is 0 Å². The van der Waals surface area contributed by atoms with Gasteiger partial charge in [0.1, 0.15) is 18.1 Å². The van der Waals surface area contributed by atoms with E-state index < -0.39 is 35.9 Å². The standard InChI is InChI=1S/C20H29N3O5S2/c1-29-10-8-15(21-13-24)18(25)22-16(9-11-30-2)19(26)23-17(20(27)28)12-14-6-4-3-5-7-14/h3-7,13,15-17H,8-12H2,1-2H3,(H,21,24)(H,22,25)(H,23,26)(H,27,28)/t15-,16-,17+/m0/s1. The first-order valence-corrected chi connectivity index (χ1v) is 12.3. The molecule has 8 nitrogen and oxygen atoms in total. The molecule has 0 heterocycles. The van der Waals surface area contributed by atoms with Crippen molar-refractivity contribution in [3.8, 4) is 0 Å². The molecule has 0 bridgehead atoms. The van der Waals surface area contributed by atoms with Crippen LogP contribution >= 0.6 is 23.5 Å². The number of carbonyl (C=O) groups excluding carboxylic acids is 3. The average Bonchev–Trinajstić information content (AvgIpc) is 2.73. The molecule has 0 aromatic heterocycles. The molecule has 1 aromatic carbocycles. The highest BCUT2D eigenvalue weighted by atomic mass is 32.2. The topological polar surface area (TPSA) is 125 Å². The number of nitrogens with one attached hydrogen (secondary N) is 3. The molecule has 3 atom stereocenters. The fourth-order valence-electron chi connectivity index (χ4n) is 2.71. The van der Waals surface area contributed by atoms with Gasteiger partial charge in [-0.25, -0.2) is 4.79 Å². The number of rotatable bonds is 15. The molecule has 0 aliphatic rings. The summed E-state index contributed by atoms with van der Waals surface area (Å²) in [6.45, 7) is 0. The number of hydrogen-bond acceptors (Lipinski definition) is 6. The molecule has 0 aliphatic heterocycles. The SMILES string of the molecule is CSCC[C@H](NC=O)C(=O)N[C@@H](CCSC)C(=O)N[C@H](Cc1ccccc1)C(=O)O. The maximum atomic E-state index is 12.8. The van der Waals surface area contributed by atoms with Gasteiger partial charge in [0.2, 0.25) is 18.2 Å². The summed E-state index contributed by atoms with van der Waals surface area (Å²) >= 11 is 3.05. The minimum absolute atomic E-state index is 0.133. The summed E-state index contributed by atoms with van der Waals surface area (Å²) in [6, 6.07) is 6.24. The number of hydrogen-bond donors (Lipinski definition) is 4. The molecule has 30 heavy (non-hydrogen) atoms. The maximum Gasteiger partial charge on any atom is 0.326 e. The molecule has 0 saturated heterocycles. The Kier molecular flexibility index (Phi) is 12.7. The molecular weight excluding hydrogens is 426 g/mol. The largest absolute Gasteiger partial charge is 0.480 e. The average molecular weight is 456 g/mol. The number of benzene rings is 1. The van der Waals surface area contributed by atoms with Crippen molar-refractivity contribution >= 4 is 47.7 Å². The Morgan fingerprint density at radius 3 is 2.00 bits per heavy atom. The third-order valence-electron chi connectivity index (χ3n) is 4.34. The van der Waals surface area contributed by atoms with Crippen LogP contribution in [0.5, 0.6) is 0 Å².